The fraction of sp³-hybridized carbons (Fsp3) is 0.385. The first-order valence-electron chi connectivity index (χ1n) is 5.61. The molecule has 1 atom stereocenters. The van der Waals surface area contributed by atoms with Gasteiger partial charge in [-0.15, -0.1) is 0 Å². The van der Waals surface area contributed by atoms with Crippen LogP contribution in [0.2, 0.25) is 0 Å². The van der Waals surface area contributed by atoms with Crippen LogP contribution in [0.25, 0.3) is 0 Å². The van der Waals surface area contributed by atoms with E-state index in [0.717, 1.165) is 4.47 Å². The van der Waals surface area contributed by atoms with Crippen molar-refractivity contribution in [2.45, 2.75) is 32.9 Å². The highest BCUT2D eigenvalue weighted by Gasteiger charge is 2.31. The molecule has 0 heterocycles. The molecular weight excluding hydrogens is 298 g/mol. The van der Waals surface area contributed by atoms with Gasteiger partial charge in [-0.2, -0.15) is 0 Å². The summed E-state index contributed by atoms with van der Waals surface area (Å²) >= 11 is 3.31. The zero-order valence-corrected chi connectivity index (χ0v) is 12.1. The summed E-state index contributed by atoms with van der Waals surface area (Å²) in [5, 5.41) is 9.38. The maximum Gasteiger partial charge on any atom is 0.331 e. The zero-order valence-electron chi connectivity index (χ0n) is 10.6. The van der Waals surface area contributed by atoms with Crippen LogP contribution < -0.4 is 0 Å². The van der Waals surface area contributed by atoms with Crippen LogP contribution in [-0.4, -0.2) is 27.9 Å². The normalized spacial score (nSPS) is 12.3. The Morgan fingerprint density at radius 2 is 1.94 bits per heavy atom. The number of halogens is 1. The second-order valence-corrected chi connectivity index (χ2v) is 5.23. The Morgan fingerprint density at radius 1 is 1.33 bits per heavy atom. The van der Waals surface area contributed by atoms with Crippen LogP contribution in [0.1, 0.15) is 32.4 Å². The third kappa shape index (κ3) is 3.32. The SMILES string of the molecule is CC(=O)N(C(C)C)C(C(=O)O)c1cccc(Br)c1. The molecule has 0 fully saturated rings. The summed E-state index contributed by atoms with van der Waals surface area (Å²) in [6, 6.07) is 5.87. The van der Waals surface area contributed by atoms with Gasteiger partial charge in [0.2, 0.25) is 5.91 Å². The van der Waals surface area contributed by atoms with Gasteiger partial charge in [0.25, 0.3) is 0 Å². The minimum absolute atomic E-state index is 0.178. The van der Waals surface area contributed by atoms with Gasteiger partial charge in [0, 0.05) is 17.4 Å². The average molecular weight is 314 g/mol. The quantitative estimate of drug-likeness (QED) is 0.930. The number of hydrogen-bond acceptors (Lipinski definition) is 2. The number of aliphatic carboxylic acids is 1. The summed E-state index contributed by atoms with van der Waals surface area (Å²) in [6.45, 7) is 4.98. The van der Waals surface area contributed by atoms with E-state index in [1.165, 1.54) is 11.8 Å². The standard InChI is InChI=1S/C13H16BrNO3/c1-8(2)15(9(3)16)12(13(17)18)10-5-4-6-11(14)7-10/h4-8,12H,1-3H3,(H,17,18). The van der Waals surface area contributed by atoms with Crippen molar-refractivity contribution < 1.29 is 14.7 Å². The summed E-state index contributed by atoms with van der Waals surface area (Å²) in [4.78, 5) is 24.5. The average Bonchev–Trinajstić information content (AvgIpc) is 2.23. The lowest BCUT2D eigenvalue weighted by Crippen LogP contribution is -2.42. The van der Waals surface area contributed by atoms with Gasteiger partial charge in [0.05, 0.1) is 0 Å². The predicted molar refractivity (Wildman–Crippen MR) is 72.2 cm³/mol. The number of hydrogen-bond donors (Lipinski definition) is 1. The maximum absolute atomic E-state index is 11.6. The van der Waals surface area contributed by atoms with E-state index in [2.05, 4.69) is 15.9 Å². The summed E-state index contributed by atoms with van der Waals surface area (Å²) in [6.07, 6.45) is 0. The summed E-state index contributed by atoms with van der Waals surface area (Å²) in [5.41, 5.74) is 0.584. The van der Waals surface area contributed by atoms with E-state index in [9.17, 15) is 14.7 Å². The first-order chi connectivity index (χ1) is 8.34. The molecule has 0 aromatic heterocycles. The highest BCUT2D eigenvalue weighted by Crippen LogP contribution is 2.26. The Bertz CT molecular complexity index is 459. The number of carboxylic acid groups (broad SMARTS) is 1. The topological polar surface area (TPSA) is 57.6 Å². The van der Waals surface area contributed by atoms with E-state index in [1.807, 2.05) is 6.07 Å². The molecule has 5 heteroatoms. The first kappa shape index (κ1) is 14.7. The number of carbonyl (C=O) groups excluding carboxylic acids is 1. The second-order valence-electron chi connectivity index (χ2n) is 4.32. The number of rotatable bonds is 4. The third-order valence-electron chi connectivity index (χ3n) is 2.60. The Balaban J connectivity index is 3.24. The lowest BCUT2D eigenvalue weighted by atomic mass is 10.0. The number of benzene rings is 1. The minimum Gasteiger partial charge on any atom is -0.479 e. The van der Waals surface area contributed by atoms with E-state index < -0.39 is 12.0 Å². The number of carbonyl (C=O) groups is 2. The summed E-state index contributed by atoms with van der Waals surface area (Å²) in [7, 11) is 0. The lowest BCUT2D eigenvalue weighted by Gasteiger charge is -2.31. The zero-order chi connectivity index (χ0) is 13.9. The molecule has 98 valence electrons. The van der Waals surface area contributed by atoms with Crippen molar-refractivity contribution in [3.8, 4) is 0 Å². The van der Waals surface area contributed by atoms with Crippen LogP contribution in [0.4, 0.5) is 0 Å². The molecule has 1 N–H and O–H groups in total. The van der Waals surface area contributed by atoms with Gasteiger partial charge in [0.15, 0.2) is 6.04 Å². The van der Waals surface area contributed by atoms with Crippen LogP contribution in [-0.2, 0) is 9.59 Å². The summed E-state index contributed by atoms with van der Waals surface area (Å²) in [5.74, 6) is -1.28. The van der Waals surface area contributed by atoms with E-state index in [1.54, 1.807) is 32.0 Å². The molecule has 0 aliphatic rings. The van der Waals surface area contributed by atoms with Crippen LogP contribution in [0.5, 0.6) is 0 Å². The molecule has 1 aromatic rings. The predicted octanol–water partition coefficient (Wildman–Crippen LogP) is 2.83. The Kier molecular flexibility index (Phi) is 4.90. The molecule has 0 saturated heterocycles. The Hall–Kier alpha value is -1.36. The van der Waals surface area contributed by atoms with Crippen molar-refractivity contribution >= 4 is 27.8 Å². The second kappa shape index (κ2) is 6.00. The molecule has 0 aliphatic carbocycles. The van der Waals surface area contributed by atoms with Crippen LogP contribution in [0.3, 0.4) is 0 Å². The Morgan fingerprint density at radius 3 is 2.33 bits per heavy atom. The van der Waals surface area contributed by atoms with Crippen molar-refractivity contribution in [1.29, 1.82) is 0 Å². The number of nitrogens with zero attached hydrogens (tertiary/aromatic N) is 1. The van der Waals surface area contributed by atoms with Crippen LogP contribution >= 0.6 is 15.9 Å². The van der Waals surface area contributed by atoms with E-state index in [4.69, 9.17) is 0 Å². The fourth-order valence-corrected chi connectivity index (χ4v) is 2.36. The molecule has 0 spiro atoms. The van der Waals surface area contributed by atoms with Crippen molar-refractivity contribution in [3.05, 3.63) is 34.3 Å². The fourth-order valence-electron chi connectivity index (χ4n) is 1.94. The van der Waals surface area contributed by atoms with Crippen LogP contribution in [0.15, 0.2) is 28.7 Å². The third-order valence-corrected chi connectivity index (χ3v) is 3.09. The van der Waals surface area contributed by atoms with Gasteiger partial charge in [-0.05, 0) is 31.5 Å². The Labute approximate surface area is 115 Å². The first-order valence-corrected chi connectivity index (χ1v) is 6.41. The largest absolute Gasteiger partial charge is 0.479 e. The molecule has 1 aromatic carbocycles. The molecular formula is C13H16BrNO3. The van der Waals surface area contributed by atoms with Gasteiger partial charge in [-0.3, -0.25) is 4.79 Å². The number of carboxylic acids is 1. The molecule has 0 radical (unpaired) electrons. The van der Waals surface area contributed by atoms with Gasteiger partial charge in [-0.25, -0.2) is 4.79 Å². The van der Waals surface area contributed by atoms with Crippen molar-refractivity contribution in [1.82, 2.24) is 4.90 Å². The van der Waals surface area contributed by atoms with Crippen molar-refractivity contribution in [3.63, 3.8) is 0 Å². The van der Waals surface area contributed by atoms with E-state index in [0.29, 0.717) is 5.56 Å². The molecule has 4 nitrogen and oxygen atoms in total. The molecule has 1 rings (SSSR count). The molecule has 0 aliphatic heterocycles. The maximum atomic E-state index is 11.6. The van der Waals surface area contributed by atoms with Crippen molar-refractivity contribution in [2.24, 2.45) is 0 Å². The van der Waals surface area contributed by atoms with Crippen LogP contribution in [0, 0.1) is 0 Å². The molecule has 1 amide bonds. The van der Waals surface area contributed by atoms with E-state index in [-0.39, 0.29) is 11.9 Å². The molecule has 1 unspecified atom stereocenters. The molecule has 18 heavy (non-hydrogen) atoms. The minimum atomic E-state index is -1.03. The monoisotopic (exact) mass is 313 g/mol. The highest BCUT2D eigenvalue weighted by atomic mass is 79.9. The van der Waals surface area contributed by atoms with E-state index >= 15 is 0 Å². The van der Waals surface area contributed by atoms with Crippen molar-refractivity contribution in [2.75, 3.05) is 0 Å². The van der Waals surface area contributed by atoms with Gasteiger partial charge in [-0.1, -0.05) is 28.1 Å². The highest BCUT2D eigenvalue weighted by molar-refractivity contribution is 9.10. The van der Waals surface area contributed by atoms with Gasteiger partial charge in [0.1, 0.15) is 0 Å². The number of amides is 1. The molecule has 0 saturated carbocycles. The van der Waals surface area contributed by atoms with Gasteiger partial charge >= 0.3 is 5.97 Å². The van der Waals surface area contributed by atoms with Gasteiger partial charge < -0.3 is 10.0 Å². The lowest BCUT2D eigenvalue weighted by molar-refractivity contribution is -0.151. The smallest absolute Gasteiger partial charge is 0.331 e. The summed E-state index contributed by atoms with van der Waals surface area (Å²) < 4.78 is 0.790. The molecule has 0 bridgehead atoms.